The van der Waals surface area contributed by atoms with Crippen molar-refractivity contribution in [1.29, 1.82) is 0 Å². The van der Waals surface area contributed by atoms with Crippen molar-refractivity contribution in [2.45, 2.75) is 37.3 Å². The molecule has 0 aliphatic carbocycles. The van der Waals surface area contributed by atoms with Crippen LogP contribution in [0.4, 0.5) is 4.39 Å². The Morgan fingerprint density at radius 1 is 1.15 bits per heavy atom. The van der Waals surface area contributed by atoms with Gasteiger partial charge in [-0.1, -0.05) is 48.0 Å². The summed E-state index contributed by atoms with van der Waals surface area (Å²) >= 11 is 5.88. The minimum absolute atomic E-state index is 0.0429. The molecule has 136 valence electrons. The first-order valence-corrected chi connectivity index (χ1v) is 9.46. The number of benzene rings is 2. The lowest BCUT2D eigenvalue weighted by Gasteiger charge is -2.39. The van der Waals surface area contributed by atoms with Gasteiger partial charge in [0, 0.05) is 25.2 Å². The molecule has 0 radical (unpaired) electrons. The highest BCUT2D eigenvalue weighted by atomic mass is 35.5. The summed E-state index contributed by atoms with van der Waals surface area (Å²) in [6, 6.07) is 14.9. The number of hydrogen-bond acceptors (Lipinski definition) is 2. The van der Waals surface area contributed by atoms with E-state index < -0.39 is 0 Å². The number of amides is 1. The minimum atomic E-state index is -0.381. The lowest BCUT2D eigenvalue weighted by Crippen LogP contribution is -2.50. The van der Waals surface area contributed by atoms with Crippen LogP contribution in [0.25, 0.3) is 0 Å². The fraction of sp³-hybridized carbons (Fsp3) is 0.381. The first kappa shape index (κ1) is 17.5. The van der Waals surface area contributed by atoms with Crippen LogP contribution >= 0.6 is 11.6 Å². The van der Waals surface area contributed by atoms with Gasteiger partial charge in [-0.3, -0.25) is 9.69 Å². The minimum Gasteiger partial charge on any atom is -0.350 e. The molecule has 1 amide bonds. The maximum Gasteiger partial charge on any atom is 0.228 e. The van der Waals surface area contributed by atoms with Crippen LogP contribution in [0, 0.1) is 5.82 Å². The van der Waals surface area contributed by atoms with E-state index >= 15 is 0 Å². The quantitative estimate of drug-likeness (QED) is 0.879. The maximum absolute atomic E-state index is 13.3. The van der Waals surface area contributed by atoms with Crippen LogP contribution in [0.3, 0.4) is 0 Å². The van der Waals surface area contributed by atoms with Gasteiger partial charge in [0.1, 0.15) is 5.82 Å². The van der Waals surface area contributed by atoms with Gasteiger partial charge in [-0.25, -0.2) is 4.39 Å². The molecule has 1 atom stereocenters. The Morgan fingerprint density at radius 2 is 1.88 bits per heavy atom. The Labute approximate surface area is 158 Å². The maximum atomic E-state index is 13.3. The Hall–Kier alpha value is -1.91. The average Bonchev–Trinajstić information content (AvgIpc) is 2.97. The zero-order valence-electron chi connectivity index (χ0n) is 14.6. The van der Waals surface area contributed by atoms with Crippen molar-refractivity contribution in [3.05, 3.63) is 70.5 Å². The van der Waals surface area contributed by atoms with E-state index in [1.807, 2.05) is 30.3 Å². The predicted octanol–water partition coefficient (Wildman–Crippen LogP) is 4.12. The summed E-state index contributed by atoms with van der Waals surface area (Å²) in [7, 11) is 0. The molecule has 2 aromatic carbocycles. The van der Waals surface area contributed by atoms with Gasteiger partial charge in [0.05, 0.1) is 10.9 Å². The van der Waals surface area contributed by atoms with E-state index in [9.17, 15) is 9.18 Å². The van der Waals surface area contributed by atoms with Crippen molar-refractivity contribution in [3.63, 3.8) is 0 Å². The van der Waals surface area contributed by atoms with Crippen LogP contribution in [0.1, 0.15) is 36.3 Å². The van der Waals surface area contributed by atoms with Crippen molar-refractivity contribution < 1.29 is 9.18 Å². The van der Waals surface area contributed by atoms with Crippen LogP contribution in [-0.4, -0.2) is 29.4 Å². The van der Waals surface area contributed by atoms with Gasteiger partial charge in [0.15, 0.2) is 0 Å². The summed E-state index contributed by atoms with van der Waals surface area (Å²) in [5.74, 6) is -0.276. The second-order valence-corrected chi connectivity index (χ2v) is 7.87. The van der Waals surface area contributed by atoms with Gasteiger partial charge in [-0.05, 0) is 42.5 Å². The van der Waals surface area contributed by atoms with Gasteiger partial charge < -0.3 is 5.32 Å². The van der Waals surface area contributed by atoms with Crippen LogP contribution < -0.4 is 5.32 Å². The molecule has 2 aliphatic rings. The van der Waals surface area contributed by atoms with Gasteiger partial charge in [-0.15, -0.1) is 0 Å². The molecule has 2 fully saturated rings. The number of nitrogens with zero attached hydrogens (tertiary/aromatic N) is 1. The van der Waals surface area contributed by atoms with Crippen LogP contribution in [-0.2, 0) is 11.3 Å². The second kappa shape index (κ2) is 7.01. The number of carbonyl (C=O) groups excluding carboxylic acids is 1. The highest BCUT2D eigenvalue weighted by Gasteiger charge is 2.45. The molecular weight excluding hydrogens is 351 g/mol. The number of halogens is 2. The smallest absolute Gasteiger partial charge is 0.228 e. The third-order valence-electron chi connectivity index (χ3n) is 5.71. The van der Waals surface area contributed by atoms with Gasteiger partial charge in [0.2, 0.25) is 5.91 Å². The lowest BCUT2D eigenvalue weighted by molar-refractivity contribution is -0.121. The number of carbonyl (C=O) groups is 1. The largest absolute Gasteiger partial charge is 0.350 e. The molecule has 2 saturated heterocycles. The van der Waals surface area contributed by atoms with E-state index in [0.29, 0.717) is 0 Å². The highest BCUT2D eigenvalue weighted by molar-refractivity contribution is 6.30. The summed E-state index contributed by atoms with van der Waals surface area (Å²) in [6.45, 7) is 2.58. The van der Waals surface area contributed by atoms with Crippen LogP contribution in [0.15, 0.2) is 48.5 Å². The van der Waals surface area contributed by atoms with E-state index in [0.717, 1.165) is 50.0 Å². The molecule has 2 heterocycles. The Bertz CT molecular complexity index is 803. The topological polar surface area (TPSA) is 32.3 Å². The Balaban J connectivity index is 1.39. The van der Waals surface area contributed by atoms with E-state index in [-0.39, 0.29) is 28.2 Å². The zero-order chi connectivity index (χ0) is 18.1. The Morgan fingerprint density at radius 3 is 2.58 bits per heavy atom. The van der Waals surface area contributed by atoms with E-state index in [4.69, 9.17) is 11.6 Å². The predicted molar refractivity (Wildman–Crippen MR) is 101 cm³/mol. The van der Waals surface area contributed by atoms with Gasteiger partial charge in [-0.2, -0.15) is 0 Å². The summed E-state index contributed by atoms with van der Waals surface area (Å²) in [4.78, 5) is 14.9. The average molecular weight is 373 g/mol. The number of nitrogens with one attached hydrogen (secondary N) is 1. The van der Waals surface area contributed by atoms with Crippen molar-refractivity contribution in [2.24, 2.45) is 0 Å². The third kappa shape index (κ3) is 3.49. The fourth-order valence-corrected chi connectivity index (χ4v) is 4.41. The van der Waals surface area contributed by atoms with Crippen LogP contribution in [0.2, 0.25) is 5.02 Å². The summed E-state index contributed by atoms with van der Waals surface area (Å²) in [5, 5.41) is 3.45. The molecule has 1 N–H and O–H groups in total. The standard InChI is InChI=1S/C21H22ClFN2O/c22-18-12-15(6-7-19(18)23)14-25-10-8-21(9-11-25)13-17(20(26)24-21)16-4-2-1-3-5-16/h1-7,12,17H,8-11,13-14H2,(H,24,26). The molecule has 1 spiro atoms. The molecule has 3 nitrogen and oxygen atoms in total. The van der Waals surface area contributed by atoms with Crippen molar-refractivity contribution in [1.82, 2.24) is 10.2 Å². The molecule has 5 heteroatoms. The lowest BCUT2D eigenvalue weighted by atomic mass is 9.82. The molecule has 0 aromatic heterocycles. The van der Waals surface area contributed by atoms with E-state index in [2.05, 4.69) is 10.2 Å². The zero-order valence-corrected chi connectivity index (χ0v) is 15.3. The third-order valence-corrected chi connectivity index (χ3v) is 5.99. The number of hydrogen-bond donors (Lipinski definition) is 1. The molecule has 0 saturated carbocycles. The van der Waals surface area contributed by atoms with Crippen molar-refractivity contribution in [2.75, 3.05) is 13.1 Å². The first-order chi connectivity index (χ1) is 12.5. The van der Waals surface area contributed by atoms with Gasteiger partial charge in [0.25, 0.3) is 0 Å². The number of likely N-dealkylation sites (tertiary alicyclic amines) is 1. The monoisotopic (exact) mass is 372 g/mol. The summed E-state index contributed by atoms with van der Waals surface area (Å²) in [6.07, 6.45) is 2.75. The SMILES string of the molecule is O=C1NC2(CCN(Cc3ccc(F)c(Cl)c3)CC2)CC1c1ccccc1. The summed E-state index contributed by atoms with van der Waals surface area (Å²) < 4.78 is 13.3. The number of rotatable bonds is 3. The molecule has 2 aromatic rings. The fourth-order valence-electron chi connectivity index (χ4n) is 4.20. The van der Waals surface area contributed by atoms with Crippen molar-refractivity contribution >= 4 is 17.5 Å². The molecule has 1 unspecified atom stereocenters. The highest BCUT2D eigenvalue weighted by Crippen LogP contribution is 2.39. The number of piperidine rings is 1. The Kier molecular flexibility index (Phi) is 4.72. The molecule has 0 bridgehead atoms. The second-order valence-electron chi connectivity index (χ2n) is 7.46. The van der Waals surface area contributed by atoms with E-state index in [1.54, 1.807) is 12.1 Å². The molecular formula is C21H22ClFN2O. The molecule has 4 rings (SSSR count). The van der Waals surface area contributed by atoms with Crippen LogP contribution in [0.5, 0.6) is 0 Å². The summed E-state index contributed by atoms with van der Waals surface area (Å²) in [5.41, 5.74) is 2.03. The van der Waals surface area contributed by atoms with Crippen molar-refractivity contribution in [3.8, 4) is 0 Å². The van der Waals surface area contributed by atoms with Gasteiger partial charge >= 0.3 is 0 Å². The molecule has 26 heavy (non-hydrogen) atoms. The first-order valence-electron chi connectivity index (χ1n) is 9.08. The molecule has 2 aliphatic heterocycles. The van der Waals surface area contributed by atoms with E-state index in [1.165, 1.54) is 6.07 Å². The normalized spacial score (nSPS) is 22.5.